The Balaban J connectivity index is 1.96. The molecule has 2 aromatic rings. The molecule has 7 nitrogen and oxygen atoms in total. The third-order valence-corrected chi connectivity index (χ3v) is 5.86. The van der Waals surface area contributed by atoms with Crippen molar-refractivity contribution >= 4 is 15.8 Å². The van der Waals surface area contributed by atoms with Crippen LogP contribution in [0.3, 0.4) is 0 Å². The van der Waals surface area contributed by atoms with Gasteiger partial charge in [0.2, 0.25) is 0 Å². The number of imidazole rings is 1. The van der Waals surface area contributed by atoms with Crippen molar-refractivity contribution in [2.75, 3.05) is 25.5 Å². The second kappa shape index (κ2) is 5.93. The van der Waals surface area contributed by atoms with E-state index in [2.05, 4.69) is 9.97 Å². The van der Waals surface area contributed by atoms with Gasteiger partial charge in [-0.25, -0.2) is 18.4 Å². The predicted octanol–water partition coefficient (Wildman–Crippen LogP) is 1.41. The smallest absolute Gasteiger partial charge is 0.262 e. The zero-order chi connectivity index (χ0) is 16.6. The van der Waals surface area contributed by atoms with E-state index in [0.29, 0.717) is 6.54 Å². The zero-order valence-corrected chi connectivity index (χ0v) is 14.4. The maximum absolute atomic E-state index is 12.9. The van der Waals surface area contributed by atoms with Crippen molar-refractivity contribution in [2.24, 2.45) is 7.05 Å². The average Bonchev–Trinajstić information content (AvgIpc) is 3.16. The van der Waals surface area contributed by atoms with Crippen LogP contribution in [0.2, 0.25) is 0 Å². The number of aryl methyl sites for hydroxylation is 1. The first-order chi connectivity index (χ1) is 10.9. The molecule has 0 saturated carbocycles. The van der Waals surface area contributed by atoms with Crippen molar-refractivity contribution in [1.82, 2.24) is 18.8 Å². The van der Waals surface area contributed by atoms with E-state index in [1.165, 1.54) is 6.33 Å². The van der Waals surface area contributed by atoms with E-state index in [0.717, 1.165) is 24.2 Å². The van der Waals surface area contributed by atoms with Crippen LogP contribution in [0, 0.1) is 0 Å². The van der Waals surface area contributed by atoms with E-state index in [1.54, 1.807) is 28.3 Å². The van der Waals surface area contributed by atoms with Gasteiger partial charge in [0, 0.05) is 40.1 Å². The van der Waals surface area contributed by atoms with Crippen LogP contribution in [-0.4, -0.2) is 47.9 Å². The van der Waals surface area contributed by atoms with Gasteiger partial charge in [0.25, 0.3) is 10.0 Å². The van der Waals surface area contributed by atoms with Gasteiger partial charge in [-0.2, -0.15) is 4.31 Å². The van der Waals surface area contributed by atoms with Crippen molar-refractivity contribution < 1.29 is 8.42 Å². The number of aromatic nitrogens is 3. The van der Waals surface area contributed by atoms with E-state index < -0.39 is 10.0 Å². The minimum Gasteiger partial charge on any atom is -0.363 e. The highest BCUT2D eigenvalue weighted by Gasteiger charge is 2.37. The molecular weight excluding hydrogens is 314 g/mol. The van der Waals surface area contributed by atoms with E-state index in [4.69, 9.17) is 0 Å². The SMILES string of the molecule is CN(C)c1cc([C@@H]2CCCN2S(=O)(=O)c2cn(C)cn2)ccn1. The fourth-order valence-electron chi connectivity index (χ4n) is 2.89. The van der Waals surface area contributed by atoms with Gasteiger partial charge < -0.3 is 9.47 Å². The number of hydrogen-bond donors (Lipinski definition) is 0. The number of rotatable bonds is 4. The summed E-state index contributed by atoms with van der Waals surface area (Å²) in [6.07, 6.45) is 6.44. The molecule has 0 aromatic carbocycles. The van der Waals surface area contributed by atoms with Crippen LogP contribution in [0.1, 0.15) is 24.4 Å². The molecule has 0 N–H and O–H groups in total. The Morgan fingerprint density at radius 3 is 2.74 bits per heavy atom. The minimum absolute atomic E-state index is 0.105. The Morgan fingerprint density at radius 2 is 2.09 bits per heavy atom. The van der Waals surface area contributed by atoms with Crippen molar-refractivity contribution in [2.45, 2.75) is 23.9 Å². The lowest BCUT2D eigenvalue weighted by molar-refractivity contribution is 0.395. The normalized spacial score (nSPS) is 19.2. The van der Waals surface area contributed by atoms with Gasteiger partial charge >= 0.3 is 0 Å². The topological polar surface area (TPSA) is 71.3 Å². The molecule has 0 unspecified atom stereocenters. The van der Waals surface area contributed by atoms with E-state index in [-0.39, 0.29) is 11.1 Å². The highest BCUT2D eigenvalue weighted by molar-refractivity contribution is 7.89. The molecule has 2 aromatic heterocycles. The number of sulfonamides is 1. The fraction of sp³-hybridized carbons (Fsp3) is 0.467. The van der Waals surface area contributed by atoms with Crippen LogP contribution >= 0.6 is 0 Å². The standard InChI is InChI=1S/C15H21N5O2S/c1-18(2)14-9-12(6-7-16-14)13-5-4-8-20(13)23(21,22)15-10-19(3)11-17-15/h6-7,9-11,13H,4-5,8H2,1-3H3/t13-/m0/s1. The highest BCUT2D eigenvalue weighted by atomic mass is 32.2. The Labute approximate surface area is 136 Å². The molecule has 8 heteroatoms. The molecular formula is C15H21N5O2S. The lowest BCUT2D eigenvalue weighted by Gasteiger charge is -2.24. The van der Waals surface area contributed by atoms with Gasteiger partial charge in [-0.15, -0.1) is 0 Å². The number of hydrogen-bond acceptors (Lipinski definition) is 5. The van der Waals surface area contributed by atoms with Crippen LogP contribution in [0.5, 0.6) is 0 Å². The summed E-state index contributed by atoms with van der Waals surface area (Å²) >= 11 is 0. The summed E-state index contributed by atoms with van der Waals surface area (Å²) < 4.78 is 29.0. The second-order valence-electron chi connectivity index (χ2n) is 5.99. The van der Waals surface area contributed by atoms with Gasteiger partial charge in [-0.1, -0.05) is 0 Å². The van der Waals surface area contributed by atoms with Gasteiger partial charge in [-0.3, -0.25) is 0 Å². The predicted molar refractivity (Wildman–Crippen MR) is 87.6 cm³/mol. The third-order valence-electron chi connectivity index (χ3n) is 4.07. The van der Waals surface area contributed by atoms with Crippen molar-refractivity contribution in [3.63, 3.8) is 0 Å². The molecule has 124 valence electrons. The van der Waals surface area contributed by atoms with Crippen LogP contribution in [0.4, 0.5) is 5.82 Å². The molecule has 3 heterocycles. The van der Waals surface area contributed by atoms with Gasteiger partial charge in [-0.05, 0) is 30.5 Å². The summed E-state index contributed by atoms with van der Waals surface area (Å²) in [5, 5.41) is 0.105. The summed E-state index contributed by atoms with van der Waals surface area (Å²) in [6.45, 7) is 0.517. The molecule has 1 fully saturated rings. The molecule has 1 atom stereocenters. The molecule has 0 radical (unpaired) electrons. The van der Waals surface area contributed by atoms with Crippen molar-refractivity contribution in [1.29, 1.82) is 0 Å². The maximum atomic E-state index is 12.9. The Morgan fingerprint density at radius 1 is 1.30 bits per heavy atom. The van der Waals surface area contributed by atoms with Crippen LogP contribution < -0.4 is 4.90 Å². The lowest BCUT2D eigenvalue weighted by atomic mass is 10.1. The second-order valence-corrected chi connectivity index (χ2v) is 7.83. The first-order valence-electron chi connectivity index (χ1n) is 7.52. The van der Waals surface area contributed by atoms with Gasteiger partial charge in [0.1, 0.15) is 5.82 Å². The molecule has 0 spiro atoms. The first kappa shape index (κ1) is 15.9. The Hall–Kier alpha value is -1.93. The molecule has 0 bridgehead atoms. The molecule has 23 heavy (non-hydrogen) atoms. The molecule has 0 aliphatic carbocycles. The average molecular weight is 335 g/mol. The summed E-state index contributed by atoms with van der Waals surface area (Å²) in [6, 6.07) is 3.68. The summed E-state index contributed by atoms with van der Waals surface area (Å²) in [4.78, 5) is 10.2. The fourth-order valence-corrected chi connectivity index (χ4v) is 4.54. The Bertz CT molecular complexity index is 800. The first-order valence-corrected chi connectivity index (χ1v) is 8.96. The molecule has 0 amide bonds. The van der Waals surface area contributed by atoms with Crippen molar-refractivity contribution in [3.8, 4) is 0 Å². The van der Waals surface area contributed by atoms with E-state index in [1.807, 2.05) is 31.1 Å². The van der Waals surface area contributed by atoms with E-state index in [9.17, 15) is 8.42 Å². The minimum atomic E-state index is -3.58. The zero-order valence-electron chi connectivity index (χ0n) is 13.5. The largest absolute Gasteiger partial charge is 0.363 e. The lowest BCUT2D eigenvalue weighted by Crippen LogP contribution is -2.31. The van der Waals surface area contributed by atoms with Gasteiger partial charge in [0.05, 0.1) is 12.4 Å². The van der Waals surface area contributed by atoms with Crippen LogP contribution in [0.15, 0.2) is 35.9 Å². The number of anilines is 1. The molecule has 1 saturated heterocycles. The highest BCUT2D eigenvalue weighted by Crippen LogP contribution is 2.36. The monoisotopic (exact) mass is 335 g/mol. The molecule has 1 aliphatic heterocycles. The van der Waals surface area contributed by atoms with E-state index >= 15 is 0 Å². The van der Waals surface area contributed by atoms with Crippen molar-refractivity contribution in [3.05, 3.63) is 36.4 Å². The molecule has 1 aliphatic rings. The Kier molecular flexibility index (Phi) is 4.11. The van der Waals surface area contributed by atoms with Crippen LogP contribution in [0.25, 0.3) is 0 Å². The van der Waals surface area contributed by atoms with Gasteiger partial charge in [0.15, 0.2) is 5.03 Å². The number of pyridine rings is 1. The quantitative estimate of drug-likeness (QED) is 0.845. The summed E-state index contributed by atoms with van der Waals surface area (Å²) in [5.41, 5.74) is 0.973. The summed E-state index contributed by atoms with van der Waals surface area (Å²) in [5.74, 6) is 0.824. The maximum Gasteiger partial charge on any atom is 0.262 e. The number of nitrogens with zero attached hydrogens (tertiary/aromatic N) is 5. The third kappa shape index (κ3) is 2.96. The molecule has 3 rings (SSSR count). The summed E-state index contributed by atoms with van der Waals surface area (Å²) in [7, 11) is 2.02. The van der Waals surface area contributed by atoms with Crippen LogP contribution in [-0.2, 0) is 17.1 Å².